The Morgan fingerprint density at radius 2 is 2.21 bits per heavy atom. The van der Waals surface area contributed by atoms with Crippen molar-refractivity contribution < 1.29 is 9.59 Å². The summed E-state index contributed by atoms with van der Waals surface area (Å²) in [5.74, 6) is 0.0996. The lowest BCUT2D eigenvalue weighted by Crippen LogP contribution is -2.47. The third kappa shape index (κ3) is 5.19. The number of carbonyl (C=O) groups excluding carboxylic acids is 2. The monoisotopic (exact) mass is 269 g/mol. The number of carbonyl (C=O) groups is 2. The van der Waals surface area contributed by atoms with E-state index in [0.717, 1.165) is 32.2 Å². The van der Waals surface area contributed by atoms with Gasteiger partial charge in [-0.1, -0.05) is 13.3 Å². The average molecular weight is 269 g/mol. The Labute approximate surface area is 115 Å². The van der Waals surface area contributed by atoms with Gasteiger partial charge in [0.05, 0.1) is 5.92 Å². The molecule has 5 heteroatoms. The van der Waals surface area contributed by atoms with E-state index in [-0.39, 0.29) is 23.8 Å². The lowest BCUT2D eigenvalue weighted by molar-refractivity contribution is -0.135. The Morgan fingerprint density at radius 3 is 2.84 bits per heavy atom. The molecule has 0 aromatic heterocycles. The zero-order valence-corrected chi connectivity index (χ0v) is 12.2. The molecule has 0 saturated carbocycles. The normalized spacial score (nSPS) is 21.0. The summed E-state index contributed by atoms with van der Waals surface area (Å²) in [5, 5.41) is 3.04. The first-order chi connectivity index (χ1) is 9.08. The van der Waals surface area contributed by atoms with Crippen LogP contribution in [0.5, 0.6) is 0 Å². The third-order valence-electron chi connectivity index (χ3n) is 3.61. The highest BCUT2D eigenvalue weighted by Crippen LogP contribution is 2.17. The van der Waals surface area contributed by atoms with E-state index in [4.69, 9.17) is 5.73 Å². The molecule has 2 atom stereocenters. The summed E-state index contributed by atoms with van der Waals surface area (Å²) < 4.78 is 0. The van der Waals surface area contributed by atoms with Crippen molar-refractivity contribution in [3.05, 3.63) is 0 Å². The van der Waals surface area contributed by atoms with Gasteiger partial charge in [-0.05, 0) is 26.2 Å². The first-order valence-corrected chi connectivity index (χ1v) is 7.36. The van der Waals surface area contributed by atoms with E-state index in [0.29, 0.717) is 19.5 Å². The standard InChI is InChI=1S/C14H27N3O2/c1-3-5-11(2)16-14(19)12-6-4-9-17(10-12)13(18)7-8-15/h11-12H,3-10,15H2,1-2H3,(H,16,19). The second-order valence-electron chi connectivity index (χ2n) is 5.42. The number of amides is 2. The molecule has 1 saturated heterocycles. The lowest BCUT2D eigenvalue weighted by Gasteiger charge is -2.32. The van der Waals surface area contributed by atoms with Crippen molar-refractivity contribution in [3.8, 4) is 0 Å². The van der Waals surface area contributed by atoms with Gasteiger partial charge in [0.15, 0.2) is 0 Å². The zero-order chi connectivity index (χ0) is 14.3. The van der Waals surface area contributed by atoms with Gasteiger partial charge in [-0.2, -0.15) is 0 Å². The molecule has 1 rings (SSSR count). The van der Waals surface area contributed by atoms with Crippen LogP contribution in [0.1, 0.15) is 46.0 Å². The molecular weight excluding hydrogens is 242 g/mol. The molecule has 1 aliphatic heterocycles. The van der Waals surface area contributed by atoms with Gasteiger partial charge in [-0.15, -0.1) is 0 Å². The molecule has 0 bridgehead atoms. The molecule has 3 N–H and O–H groups in total. The van der Waals surface area contributed by atoms with Crippen LogP contribution < -0.4 is 11.1 Å². The summed E-state index contributed by atoms with van der Waals surface area (Å²) in [5.41, 5.74) is 5.40. The predicted molar refractivity (Wildman–Crippen MR) is 75.5 cm³/mol. The first kappa shape index (κ1) is 16.0. The van der Waals surface area contributed by atoms with E-state index in [1.165, 1.54) is 0 Å². The van der Waals surface area contributed by atoms with Crippen LogP contribution in [-0.2, 0) is 9.59 Å². The lowest BCUT2D eigenvalue weighted by atomic mass is 9.96. The summed E-state index contributed by atoms with van der Waals surface area (Å²) in [6.45, 7) is 5.81. The van der Waals surface area contributed by atoms with Crippen molar-refractivity contribution in [2.24, 2.45) is 11.7 Å². The van der Waals surface area contributed by atoms with E-state index in [2.05, 4.69) is 12.2 Å². The van der Waals surface area contributed by atoms with Crippen LogP contribution in [0.15, 0.2) is 0 Å². The molecule has 5 nitrogen and oxygen atoms in total. The number of hydrogen-bond acceptors (Lipinski definition) is 3. The predicted octanol–water partition coefficient (Wildman–Crippen LogP) is 0.879. The van der Waals surface area contributed by atoms with E-state index < -0.39 is 0 Å². The minimum atomic E-state index is -0.0604. The van der Waals surface area contributed by atoms with Crippen LogP contribution in [0.4, 0.5) is 0 Å². The minimum absolute atomic E-state index is 0.0604. The fourth-order valence-electron chi connectivity index (χ4n) is 2.57. The van der Waals surface area contributed by atoms with Crippen molar-refractivity contribution in [1.29, 1.82) is 0 Å². The van der Waals surface area contributed by atoms with Gasteiger partial charge in [-0.3, -0.25) is 9.59 Å². The quantitative estimate of drug-likeness (QED) is 0.751. The Balaban J connectivity index is 2.45. The van der Waals surface area contributed by atoms with E-state index in [1.54, 1.807) is 4.90 Å². The van der Waals surface area contributed by atoms with Crippen molar-refractivity contribution in [1.82, 2.24) is 10.2 Å². The molecule has 1 heterocycles. The molecule has 110 valence electrons. The summed E-state index contributed by atoms with van der Waals surface area (Å²) in [6, 6.07) is 0.215. The van der Waals surface area contributed by atoms with Crippen LogP contribution in [0.3, 0.4) is 0 Å². The van der Waals surface area contributed by atoms with Crippen LogP contribution in [0.2, 0.25) is 0 Å². The van der Waals surface area contributed by atoms with Gasteiger partial charge in [0, 0.05) is 32.1 Å². The average Bonchev–Trinajstić information content (AvgIpc) is 2.39. The Morgan fingerprint density at radius 1 is 1.47 bits per heavy atom. The molecule has 19 heavy (non-hydrogen) atoms. The maximum Gasteiger partial charge on any atom is 0.225 e. The van der Waals surface area contributed by atoms with Crippen molar-refractivity contribution in [2.75, 3.05) is 19.6 Å². The second kappa shape index (κ2) is 8.15. The fraction of sp³-hybridized carbons (Fsp3) is 0.857. The highest BCUT2D eigenvalue weighted by molar-refractivity contribution is 5.81. The maximum atomic E-state index is 12.1. The minimum Gasteiger partial charge on any atom is -0.353 e. The van der Waals surface area contributed by atoms with E-state index in [1.807, 2.05) is 6.92 Å². The van der Waals surface area contributed by atoms with Crippen molar-refractivity contribution in [3.63, 3.8) is 0 Å². The molecule has 2 amide bonds. The molecule has 0 aromatic rings. The summed E-state index contributed by atoms with van der Waals surface area (Å²) >= 11 is 0. The molecule has 0 spiro atoms. The summed E-state index contributed by atoms with van der Waals surface area (Å²) in [6.07, 6.45) is 4.20. The Hall–Kier alpha value is -1.10. The highest BCUT2D eigenvalue weighted by atomic mass is 16.2. The van der Waals surface area contributed by atoms with Gasteiger partial charge in [0.25, 0.3) is 0 Å². The molecule has 2 unspecified atom stereocenters. The van der Waals surface area contributed by atoms with E-state index >= 15 is 0 Å². The molecule has 1 aliphatic rings. The number of nitrogens with two attached hydrogens (primary N) is 1. The molecule has 0 aromatic carbocycles. The number of piperidine rings is 1. The summed E-state index contributed by atoms with van der Waals surface area (Å²) in [7, 11) is 0. The van der Waals surface area contributed by atoms with Crippen LogP contribution in [0.25, 0.3) is 0 Å². The highest BCUT2D eigenvalue weighted by Gasteiger charge is 2.28. The Kier molecular flexibility index (Phi) is 6.84. The topological polar surface area (TPSA) is 75.4 Å². The van der Waals surface area contributed by atoms with Gasteiger partial charge in [0.2, 0.25) is 11.8 Å². The fourth-order valence-corrected chi connectivity index (χ4v) is 2.57. The van der Waals surface area contributed by atoms with Gasteiger partial charge >= 0.3 is 0 Å². The third-order valence-corrected chi connectivity index (χ3v) is 3.61. The van der Waals surface area contributed by atoms with Crippen LogP contribution >= 0.6 is 0 Å². The largest absolute Gasteiger partial charge is 0.353 e. The van der Waals surface area contributed by atoms with Crippen LogP contribution in [-0.4, -0.2) is 42.4 Å². The number of rotatable bonds is 6. The summed E-state index contributed by atoms with van der Waals surface area (Å²) in [4.78, 5) is 25.7. The van der Waals surface area contributed by atoms with Gasteiger partial charge in [-0.25, -0.2) is 0 Å². The zero-order valence-electron chi connectivity index (χ0n) is 12.2. The maximum absolute atomic E-state index is 12.1. The first-order valence-electron chi connectivity index (χ1n) is 7.36. The number of nitrogens with zero attached hydrogens (tertiary/aromatic N) is 1. The molecule has 0 aliphatic carbocycles. The number of nitrogens with one attached hydrogen (secondary N) is 1. The van der Waals surface area contributed by atoms with Gasteiger partial charge in [0.1, 0.15) is 0 Å². The number of hydrogen-bond donors (Lipinski definition) is 2. The van der Waals surface area contributed by atoms with Crippen LogP contribution in [0, 0.1) is 5.92 Å². The van der Waals surface area contributed by atoms with Crippen molar-refractivity contribution >= 4 is 11.8 Å². The second-order valence-corrected chi connectivity index (χ2v) is 5.42. The number of likely N-dealkylation sites (tertiary alicyclic amines) is 1. The van der Waals surface area contributed by atoms with E-state index in [9.17, 15) is 9.59 Å². The SMILES string of the molecule is CCCC(C)NC(=O)C1CCCN(C(=O)CCN)C1. The van der Waals surface area contributed by atoms with Crippen molar-refractivity contribution in [2.45, 2.75) is 52.0 Å². The molecular formula is C14H27N3O2. The van der Waals surface area contributed by atoms with Gasteiger partial charge < -0.3 is 16.0 Å². The smallest absolute Gasteiger partial charge is 0.225 e. The molecule has 0 radical (unpaired) electrons. The Bertz CT molecular complexity index is 307. The molecule has 1 fully saturated rings.